The van der Waals surface area contributed by atoms with E-state index in [1.807, 2.05) is 25.1 Å². The Kier molecular flexibility index (Phi) is 4.27. The van der Waals surface area contributed by atoms with Crippen LogP contribution in [0.3, 0.4) is 0 Å². The first kappa shape index (κ1) is 13.7. The van der Waals surface area contributed by atoms with Crippen LogP contribution in [0, 0.1) is 6.92 Å². The van der Waals surface area contributed by atoms with Gasteiger partial charge in [0.25, 0.3) is 0 Å². The van der Waals surface area contributed by atoms with Gasteiger partial charge in [0.15, 0.2) is 17.6 Å². The van der Waals surface area contributed by atoms with Gasteiger partial charge in [-0.05, 0) is 37.5 Å². The number of aliphatic carboxylic acids is 1. The van der Waals surface area contributed by atoms with Crippen LogP contribution in [-0.4, -0.2) is 37.0 Å². The summed E-state index contributed by atoms with van der Waals surface area (Å²) in [6.45, 7) is 2.31. The maximum Gasteiger partial charge on any atom is 0.332 e. The summed E-state index contributed by atoms with van der Waals surface area (Å²) in [6, 6.07) is 5.68. The van der Waals surface area contributed by atoms with Crippen LogP contribution in [0.5, 0.6) is 11.5 Å². The Hall–Kier alpha value is -1.75. The van der Waals surface area contributed by atoms with Crippen molar-refractivity contribution in [2.75, 3.05) is 13.7 Å². The molecule has 0 aromatic heterocycles. The molecule has 0 radical (unpaired) electrons. The third kappa shape index (κ3) is 3.38. The fraction of sp³-hybridized carbons (Fsp3) is 0.500. The molecule has 1 heterocycles. The second-order valence-corrected chi connectivity index (χ2v) is 4.63. The first-order valence-electron chi connectivity index (χ1n) is 6.26. The Bertz CT molecular complexity index is 457. The van der Waals surface area contributed by atoms with Gasteiger partial charge >= 0.3 is 5.97 Å². The van der Waals surface area contributed by atoms with Gasteiger partial charge in [0.1, 0.15) is 6.61 Å². The summed E-state index contributed by atoms with van der Waals surface area (Å²) in [5.74, 6) is 0.415. The molecule has 0 aliphatic carbocycles. The molecule has 5 nitrogen and oxygen atoms in total. The number of ether oxygens (including phenoxy) is 3. The van der Waals surface area contributed by atoms with E-state index in [0.717, 1.165) is 5.56 Å². The topological polar surface area (TPSA) is 65.0 Å². The zero-order valence-electron chi connectivity index (χ0n) is 11.1. The van der Waals surface area contributed by atoms with Gasteiger partial charge in [0, 0.05) is 0 Å². The van der Waals surface area contributed by atoms with E-state index in [0.29, 0.717) is 30.9 Å². The van der Waals surface area contributed by atoms with Gasteiger partial charge < -0.3 is 19.3 Å². The van der Waals surface area contributed by atoms with E-state index < -0.39 is 12.1 Å². The van der Waals surface area contributed by atoms with Crippen molar-refractivity contribution in [2.45, 2.75) is 32.0 Å². The fourth-order valence-electron chi connectivity index (χ4n) is 2.09. The molecular weight excluding hydrogens is 248 g/mol. The highest BCUT2D eigenvalue weighted by molar-refractivity contribution is 5.72. The molecule has 0 amide bonds. The van der Waals surface area contributed by atoms with Crippen molar-refractivity contribution in [2.24, 2.45) is 0 Å². The van der Waals surface area contributed by atoms with Gasteiger partial charge in [0.2, 0.25) is 0 Å². The van der Waals surface area contributed by atoms with Crippen LogP contribution in [0.1, 0.15) is 18.4 Å². The number of hydrogen-bond acceptors (Lipinski definition) is 4. The van der Waals surface area contributed by atoms with Crippen molar-refractivity contribution in [1.29, 1.82) is 0 Å². The molecule has 1 aromatic rings. The summed E-state index contributed by atoms with van der Waals surface area (Å²) in [7, 11) is 1.59. The Morgan fingerprint density at radius 1 is 1.42 bits per heavy atom. The molecule has 5 heteroatoms. The van der Waals surface area contributed by atoms with Gasteiger partial charge in [-0.3, -0.25) is 0 Å². The minimum atomic E-state index is -0.907. The molecule has 19 heavy (non-hydrogen) atoms. The third-order valence-electron chi connectivity index (χ3n) is 3.13. The quantitative estimate of drug-likeness (QED) is 0.883. The predicted molar refractivity (Wildman–Crippen MR) is 68.8 cm³/mol. The SMILES string of the molecule is COc1cc(C)ccc1OCC1CCC(C(=O)O)O1. The second-order valence-electron chi connectivity index (χ2n) is 4.63. The van der Waals surface area contributed by atoms with Crippen molar-refractivity contribution in [1.82, 2.24) is 0 Å². The lowest BCUT2D eigenvalue weighted by molar-refractivity contribution is -0.149. The molecule has 1 N–H and O–H groups in total. The standard InChI is InChI=1S/C14H18O5/c1-9-3-5-11(13(7-9)17-2)18-8-10-4-6-12(19-10)14(15)16/h3,5,7,10,12H,4,6,8H2,1-2H3,(H,15,16). The molecule has 104 valence electrons. The first-order valence-corrected chi connectivity index (χ1v) is 6.26. The average Bonchev–Trinajstić information content (AvgIpc) is 2.86. The zero-order valence-corrected chi connectivity index (χ0v) is 11.1. The minimum absolute atomic E-state index is 0.174. The highest BCUT2D eigenvalue weighted by Gasteiger charge is 2.30. The highest BCUT2D eigenvalue weighted by atomic mass is 16.6. The number of benzene rings is 1. The largest absolute Gasteiger partial charge is 0.493 e. The van der Waals surface area contributed by atoms with Gasteiger partial charge in [-0.15, -0.1) is 0 Å². The fourth-order valence-corrected chi connectivity index (χ4v) is 2.09. The summed E-state index contributed by atoms with van der Waals surface area (Å²) in [6.07, 6.45) is 0.361. The highest BCUT2D eigenvalue weighted by Crippen LogP contribution is 2.29. The maximum atomic E-state index is 10.8. The molecule has 2 unspecified atom stereocenters. The van der Waals surface area contributed by atoms with E-state index in [1.165, 1.54) is 0 Å². The van der Waals surface area contributed by atoms with Crippen LogP contribution in [0.25, 0.3) is 0 Å². The second kappa shape index (κ2) is 5.93. The molecule has 0 bridgehead atoms. The summed E-state index contributed by atoms with van der Waals surface area (Å²) in [5, 5.41) is 8.84. The van der Waals surface area contributed by atoms with Gasteiger partial charge in [0.05, 0.1) is 13.2 Å². The number of carbonyl (C=O) groups is 1. The Morgan fingerprint density at radius 2 is 2.21 bits per heavy atom. The first-order chi connectivity index (χ1) is 9.10. The van der Waals surface area contributed by atoms with Crippen molar-refractivity contribution >= 4 is 5.97 Å². The van der Waals surface area contributed by atoms with Crippen LogP contribution in [0.15, 0.2) is 18.2 Å². The number of rotatable bonds is 5. The summed E-state index contributed by atoms with van der Waals surface area (Å²) in [5.41, 5.74) is 1.09. The number of methoxy groups -OCH3 is 1. The smallest absolute Gasteiger partial charge is 0.332 e. The number of aryl methyl sites for hydroxylation is 1. The molecule has 1 saturated heterocycles. The van der Waals surface area contributed by atoms with E-state index in [1.54, 1.807) is 7.11 Å². The number of carboxylic acid groups (broad SMARTS) is 1. The van der Waals surface area contributed by atoms with Crippen LogP contribution in [0.2, 0.25) is 0 Å². The molecule has 0 saturated carbocycles. The monoisotopic (exact) mass is 266 g/mol. The summed E-state index contributed by atoms with van der Waals surface area (Å²) < 4.78 is 16.3. The van der Waals surface area contributed by atoms with Crippen molar-refractivity contribution in [3.8, 4) is 11.5 Å². The predicted octanol–water partition coefficient (Wildman–Crippen LogP) is 2.01. The minimum Gasteiger partial charge on any atom is -0.493 e. The van der Waals surface area contributed by atoms with E-state index in [2.05, 4.69) is 0 Å². The number of carboxylic acids is 1. The van der Waals surface area contributed by atoms with Crippen LogP contribution in [-0.2, 0) is 9.53 Å². The molecule has 1 aliphatic heterocycles. The average molecular weight is 266 g/mol. The van der Waals surface area contributed by atoms with E-state index in [4.69, 9.17) is 19.3 Å². The Morgan fingerprint density at radius 3 is 2.84 bits per heavy atom. The summed E-state index contributed by atoms with van der Waals surface area (Å²) in [4.78, 5) is 10.8. The van der Waals surface area contributed by atoms with Gasteiger partial charge in [-0.2, -0.15) is 0 Å². The van der Waals surface area contributed by atoms with Crippen LogP contribution < -0.4 is 9.47 Å². The molecule has 1 fully saturated rings. The molecule has 2 rings (SSSR count). The molecular formula is C14H18O5. The third-order valence-corrected chi connectivity index (χ3v) is 3.13. The zero-order chi connectivity index (χ0) is 13.8. The normalized spacial score (nSPS) is 22.2. The van der Waals surface area contributed by atoms with E-state index >= 15 is 0 Å². The lowest BCUT2D eigenvalue weighted by atomic mass is 10.2. The van der Waals surface area contributed by atoms with E-state index in [9.17, 15) is 4.79 Å². The number of hydrogen-bond donors (Lipinski definition) is 1. The van der Waals surface area contributed by atoms with Gasteiger partial charge in [-0.1, -0.05) is 6.07 Å². The van der Waals surface area contributed by atoms with Gasteiger partial charge in [-0.25, -0.2) is 4.79 Å². The molecule has 0 spiro atoms. The Balaban J connectivity index is 1.91. The van der Waals surface area contributed by atoms with Crippen LogP contribution in [0.4, 0.5) is 0 Å². The van der Waals surface area contributed by atoms with Crippen molar-refractivity contribution < 1.29 is 24.1 Å². The lowest BCUT2D eigenvalue weighted by Gasteiger charge is -2.15. The Labute approximate surface area is 112 Å². The lowest BCUT2D eigenvalue weighted by Crippen LogP contribution is -2.23. The van der Waals surface area contributed by atoms with Crippen LogP contribution >= 0.6 is 0 Å². The van der Waals surface area contributed by atoms with Crippen molar-refractivity contribution in [3.63, 3.8) is 0 Å². The molecule has 2 atom stereocenters. The summed E-state index contributed by atoms with van der Waals surface area (Å²) >= 11 is 0. The maximum absolute atomic E-state index is 10.8. The molecule has 1 aliphatic rings. The molecule has 1 aromatic carbocycles. The van der Waals surface area contributed by atoms with E-state index in [-0.39, 0.29) is 6.10 Å². The van der Waals surface area contributed by atoms with Crippen molar-refractivity contribution in [3.05, 3.63) is 23.8 Å².